The summed E-state index contributed by atoms with van der Waals surface area (Å²) in [6.45, 7) is 27.9. The molecule has 6 saturated heterocycles. The number of likely N-dealkylation sites (tertiary alicyclic amines) is 6. The summed E-state index contributed by atoms with van der Waals surface area (Å²) in [4.78, 5) is 15.0. The second-order valence-electron chi connectivity index (χ2n) is 15.4. The monoisotopic (exact) mass is 637 g/mol. The van der Waals surface area contributed by atoms with Crippen LogP contribution in [0, 0.1) is 16.2 Å². The van der Waals surface area contributed by atoms with Gasteiger partial charge in [-0.25, -0.2) is 0 Å². The van der Waals surface area contributed by atoms with Crippen molar-refractivity contribution in [2.45, 2.75) is 119 Å². The Bertz CT molecular complexity index is 661. The lowest BCUT2D eigenvalue weighted by molar-refractivity contribution is 0.0337. The van der Waals surface area contributed by atoms with Gasteiger partial charge in [-0.3, -0.25) is 0 Å². The Morgan fingerprint density at radius 3 is 0.800 bits per heavy atom. The van der Waals surface area contributed by atoms with Crippen LogP contribution in [0.1, 0.15) is 119 Å². The lowest BCUT2D eigenvalue weighted by Crippen LogP contribution is -2.50. The normalized spacial score (nSPS) is 27.2. The van der Waals surface area contributed by atoms with Crippen molar-refractivity contribution in [1.29, 1.82) is 0 Å². The van der Waals surface area contributed by atoms with Crippen LogP contribution in [0.2, 0.25) is 0 Å². The quantitative estimate of drug-likeness (QED) is 0.275. The standard InChI is InChI=1S/3C11H22N2.3C2H6/c1-12-7-3-11(4-8-12)5-9-13(2)10-6-11;1-12-7-3-5-11(9-12)6-4-8-13(2)10-11;1-12-8-5-11(6-9-12)4-3-7-13(2)10-11;3*1-2/h3*3-10H2,1-2H3;3*1-2H3. The summed E-state index contributed by atoms with van der Waals surface area (Å²) in [5.41, 5.74) is 2.08. The second kappa shape index (κ2) is 22.4. The van der Waals surface area contributed by atoms with E-state index in [4.69, 9.17) is 0 Å². The zero-order valence-electron chi connectivity index (χ0n) is 33.2. The van der Waals surface area contributed by atoms with E-state index in [1.165, 1.54) is 156 Å². The predicted molar refractivity (Wildman–Crippen MR) is 202 cm³/mol. The SMILES string of the molecule is CC.CC.CC.CN1CCC2(CC1)CCN(C)CC2.CN1CCC2(CCCN(C)C2)CC1.CN1CCCC2(CCCN(C)C2)C1. The van der Waals surface area contributed by atoms with Crippen LogP contribution in [-0.2, 0) is 0 Å². The smallest absolute Gasteiger partial charge is 0.00472 e. The molecule has 3 spiro atoms. The van der Waals surface area contributed by atoms with Crippen molar-refractivity contribution in [1.82, 2.24) is 29.4 Å². The van der Waals surface area contributed by atoms with Crippen LogP contribution in [-0.4, -0.2) is 150 Å². The molecule has 0 atom stereocenters. The molecule has 6 rings (SSSR count). The molecule has 0 N–H and O–H groups in total. The van der Waals surface area contributed by atoms with Crippen molar-refractivity contribution < 1.29 is 0 Å². The fraction of sp³-hybridized carbons (Fsp3) is 1.00. The first-order valence-electron chi connectivity index (χ1n) is 19.7. The van der Waals surface area contributed by atoms with Crippen molar-refractivity contribution >= 4 is 0 Å². The van der Waals surface area contributed by atoms with Crippen molar-refractivity contribution in [2.75, 3.05) is 121 Å². The zero-order valence-corrected chi connectivity index (χ0v) is 33.2. The first-order chi connectivity index (χ1) is 21.6. The molecule has 6 fully saturated rings. The largest absolute Gasteiger partial charge is 0.306 e. The van der Waals surface area contributed by atoms with E-state index in [1.54, 1.807) is 0 Å². The minimum Gasteiger partial charge on any atom is -0.306 e. The molecule has 0 unspecified atom stereocenters. The van der Waals surface area contributed by atoms with Gasteiger partial charge in [0.15, 0.2) is 0 Å². The van der Waals surface area contributed by atoms with Crippen molar-refractivity contribution in [3.05, 3.63) is 0 Å². The summed E-state index contributed by atoms with van der Waals surface area (Å²) < 4.78 is 0. The van der Waals surface area contributed by atoms with Gasteiger partial charge >= 0.3 is 0 Å². The van der Waals surface area contributed by atoms with E-state index >= 15 is 0 Å². The van der Waals surface area contributed by atoms with Gasteiger partial charge in [-0.05, 0) is 194 Å². The van der Waals surface area contributed by atoms with Crippen molar-refractivity contribution in [2.24, 2.45) is 16.2 Å². The molecule has 0 amide bonds. The Labute approximate surface area is 284 Å². The maximum Gasteiger partial charge on any atom is 0.00472 e. The molecule has 45 heavy (non-hydrogen) atoms. The van der Waals surface area contributed by atoms with E-state index in [-0.39, 0.29) is 0 Å². The zero-order chi connectivity index (χ0) is 33.9. The molecule has 6 heteroatoms. The Kier molecular flexibility index (Phi) is 21.3. The average Bonchev–Trinajstić information content (AvgIpc) is 3.05. The second-order valence-corrected chi connectivity index (χ2v) is 15.4. The number of hydrogen-bond donors (Lipinski definition) is 0. The molecule has 6 heterocycles. The van der Waals surface area contributed by atoms with E-state index in [1.807, 2.05) is 41.5 Å². The van der Waals surface area contributed by atoms with Gasteiger partial charge in [0.25, 0.3) is 0 Å². The summed E-state index contributed by atoms with van der Waals surface area (Å²) in [6, 6.07) is 0. The van der Waals surface area contributed by atoms with Crippen LogP contribution in [0.25, 0.3) is 0 Å². The molecule has 270 valence electrons. The summed E-state index contributed by atoms with van der Waals surface area (Å²) in [5, 5.41) is 0. The number of piperidine rings is 6. The van der Waals surface area contributed by atoms with Gasteiger partial charge in [0.05, 0.1) is 0 Å². The molecule has 6 aliphatic heterocycles. The van der Waals surface area contributed by atoms with Gasteiger partial charge in [-0.2, -0.15) is 0 Å². The molecule has 0 bridgehead atoms. The van der Waals surface area contributed by atoms with Crippen LogP contribution in [0.4, 0.5) is 0 Å². The van der Waals surface area contributed by atoms with E-state index < -0.39 is 0 Å². The summed E-state index contributed by atoms with van der Waals surface area (Å²) in [7, 11) is 13.6. The Hall–Kier alpha value is -0.240. The van der Waals surface area contributed by atoms with Crippen molar-refractivity contribution in [3.63, 3.8) is 0 Å². The Balaban J connectivity index is 0.000000311. The maximum atomic E-state index is 2.52. The van der Waals surface area contributed by atoms with E-state index in [9.17, 15) is 0 Å². The summed E-state index contributed by atoms with van der Waals surface area (Å²) in [5.74, 6) is 0. The number of rotatable bonds is 0. The minimum absolute atomic E-state index is 0.653. The molecule has 0 radical (unpaired) electrons. The fourth-order valence-electron chi connectivity index (χ4n) is 8.88. The molecule has 0 aromatic carbocycles. The van der Waals surface area contributed by atoms with Gasteiger partial charge in [0.2, 0.25) is 0 Å². The number of nitrogens with zero attached hydrogens (tertiary/aromatic N) is 6. The number of hydrogen-bond acceptors (Lipinski definition) is 6. The van der Waals surface area contributed by atoms with Crippen LogP contribution >= 0.6 is 0 Å². The van der Waals surface area contributed by atoms with Gasteiger partial charge in [0, 0.05) is 19.6 Å². The first kappa shape index (κ1) is 42.8. The van der Waals surface area contributed by atoms with Crippen LogP contribution < -0.4 is 0 Å². The highest BCUT2D eigenvalue weighted by molar-refractivity contribution is 4.92. The predicted octanol–water partition coefficient (Wildman–Crippen LogP) is 7.35. The summed E-state index contributed by atoms with van der Waals surface area (Å²) >= 11 is 0. The van der Waals surface area contributed by atoms with Crippen molar-refractivity contribution in [3.8, 4) is 0 Å². The highest BCUT2D eigenvalue weighted by Crippen LogP contribution is 2.41. The van der Waals surface area contributed by atoms with E-state index in [0.717, 1.165) is 5.41 Å². The molecular weight excluding hydrogens is 552 g/mol. The van der Waals surface area contributed by atoms with E-state index in [0.29, 0.717) is 10.8 Å². The van der Waals surface area contributed by atoms with Gasteiger partial charge in [-0.1, -0.05) is 41.5 Å². The van der Waals surface area contributed by atoms with Gasteiger partial charge in [-0.15, -0.1) is 0 Å². The lowest BCUT2D eigenvalue weighted by Gasteiger charge is -2.47. The third-order valence-electron chi connectivity index (χ3n) is 11.7. The van der Waals surface area contributed by atoms with Gasteiger partial charge < -0.3 is 29.4 Å². The molecule has 6 aliphatic rings. The fourth-order valence-corrected chi connectivity index (χ4v) is 8.88. The highest BCUT2D eigenvalue weighted by atomic mass is 15.2. The summed E-state index contributed by atoms with van der Waals surface area (Å²) in [6.07, 6.45) is 17.2. The molecule has 0 aliphatic carbocycles. The molecule has 0 saturated carbocycles. The Morgan fingerprint density at radius 2 is 0.511 bits per heavy atom. The van der Waals surface area contributed by atoms with Crippen LogP contribution in [0.3, 0.4) is 0 Å². The molecule has 0 aromatic rings. The van der Waals surface area contributed by atoms with Gasteiger partial charge in [0.1, 0.15) is 0 Å². The topological polar surface area (TPSA) is 19.4 Å². The first-order valence-corrected chi connectivity index (χ1v) is 19.7. The molecular formula is C39H84N6. The Morgan fingerprint density at radius 1 is 0.267 bits per heavy atom. The lowest BCUT2D eigenvalue weighted by atomic mass is 9.71. The third kappa shape index (κ3) is 14.8. The molecule has 6 nitrogen and oxygen atoms in total. The van der Waals surface area contributed by atoms with Crippen LogP contribution in [0.5, 0.6) is 0 Å². The minimum atomic E-state index is 0.653. The highest BCUT2D eigenvalue weighted by Gasteiger charge is 2.38. The van der Waals surface area contributed by atoms with Crippen LogP contribution in [0.15, 0.2) is 0 Å². The molecule has 0 aromatic heterocycles. The maximum absolute atomic E-state index is 2.52. The third-order valence-corrected chi connectivity index (χ3v) is 11.7. The average molecular weight is 637 g/mol. The van der Waals surface area contributed by atoms with E-state index in [2.05, 4.69) is 71.7 Å².